The molecule has 0 aliphatic carbocycles. The zero-order valence-electron chi connectivity index (χ0n) is 12.8. The molecule has 4 nitrogen and oxygen atoms in total. The van der Waals surface area contributed by atoms with E-state index in [2.05, 4.69) is 41.5 Å². The van der Waals surface area contributed by atoms with E-state index in [1.54, 1.807) is 6.20 Å². The van der Waals surface area contributed by atoms with Gasteiger partial charge >= 0.3 is 0 Å². The van der Waals surface area contributed by atoms with E-state index in [4.69, 9.17) is 0 Å². The number of hydrogen-bond acceptors (Lipinski definition) is 2. The second-order valence-electron chi connectivity index (χ2n) is 5.38. The fourth-order valence-electron chi connectivity index (χ4n) is 2.44. The van der Waals surface area contributed by atoms with Gasteiger partial charge in [-0.3, -0.25) is 4.79 Å². The lowest BCUT2D eigenvalue weighted by atomic mass is 10.0. The highest BCUT2D eigenvalue weighted by atomic mass is 16.1. The first kappa shape index (κ1) is 14.3. The van der Waals surface area contributed by atoms with E-state index in [1.165, 1.54) is 5.56 Å². The number of hydrogen-bond donors (Lipinski definition) is 1. The van der Waals surface area contributed by atoms with Gasteiger partial charge in [-0.05, 0) is 36.6 Å². The maximum Gasteiger partial charge on any atom is 0.271 e. The number of amides is 1. The zero-order chi connectivity index (χ0) is 15.5. The number of benzene rings is 1. The van der Waals surface area contributed by atoms with Crippen LogP contribution in [0.15, 0.2) is 54.9 Å². The number of fused-ring (bicyclic) bond motifs is 1. The Morgan fingerprint density at radius 2 is 2.00 bits per heavy atom. The maximum atomic E-state index is 12.3. The van der Waals surface area contributed by atoms with E-state index < -0.39 is 0 Å². The van der Waals surface area contributed by atoms with Crippen molar-refractivity contribution in [2.45, 2.75) is 26.3 Å². The highest BCUT2D eigenvalue weighted by molar-refractivity contribution is 5.93. The molecule has 1 N–H and O–H groups in total. The van der Waals surface area contributed by atoms with Crippen LogP contribution in [-0.4, -0.2) is 15.3 Å². The van der Waals surface area contributed by atoms with Crippen molar-refractivity contribution < 1.29 is 4.79 Å². The summed E-state index contributed by atoms with van der Waals surface area (Å²) in [7, 11) is 0. The highest BCUT2D eigenvalue weighted by Crippen LogP contribution is 2.15. The van der Waals surface area contributed by atoms with Crippen molar-refractivity contribution in [1.29, 1.82) is 0 Å². The van der Waals surface area contributed by atoms with Gasteiger partial charge in [0.1, 0.15) is 11.3 Å². The molecule has 22 heavy (non-hydrogen) atoms. The number of rotatable bonds is 4. The van der Waals surface area contributed by atoms with Crippen LogP contribution in [0.25, 0.3) is 5.65 Å². The van der Waals surface area contributed by atoms with E-state index in [0.29, 0.717) is 5.69 Å². The minimum Gasteiger partial charge on any atom is -0.344 e. The predicted molar refractivity (Wildman–Crippen MR) is 86.9 cm³/mol. The van der Waals surface area contributed by atoms with Gasteiger partial charge < -0.3 is 9.72 Å². The van der Waals surface area contributed by atoms with Gasteiger partial charge in [0.25, 0.3) is 5.91 Å². The van der Waals surface area contributed by atoms with E-state index in [9.17, 15) is 4.79 Å². The van der Waals surface area contributed by atoms with Crippen LogP contribution in [0.2, 0.25) is 0 Å². The number of carbonyl (C=O) groups excluding carboxylic acids is 1. The average molecular weight is 293 g/mol. The Bertz CT molecular complexity index is 756. The molecule has 2 heterocycles. The summed E-state index contributed by atoms with van der Waals surface area (Å²) in [5.74, 6) is -0.157. The van der Waals surface area contributed by atoms with Crippen LogP contribution in [0.4, 0.5) is 0 Å². The minimum absolute atomic E-state index is 0.0526. The fourth-order valence-corrected chi connectivity index (χ4v) is 2.44. The normalized spacial score (nSPS) is 12.3. The molecule has 0 saturated heterocycles. The van der Waals surface area contributed by atoms with Crippen molar-refractivity contribution in [3.8, 4) is 0 Å². The lowest BCUT2D eigenvalue weighted by molar-refractivity contribution is 0.0935. The molecule has 2 aromatic heterocycles. The fraction of sp³-hybridized carbons (Fsp3) is 0.222. The lowest BCUT2D eigenvalue weighted by Crippen LogP contribution is -2.26. The van der Waals surface area contributed by atoms with Gasteiger partial charge in [-0.1, -0.05) is 37.3 Å². The Labute approximate surface area is 129 Å². The second kappa shape index (κ2) is 6.02. The Kier molecular flexibility index (Phi) is 3.92. The monoisotopic (exact) mass is 293 g/mol. The van der Waals surface area contributed by atoms with Crippen molar-refractivity contribution in [1.82, 2.24) is 14.7 Å². The molecule has 1 aromatic carbocycles. The number of carbonyl (C=O) groups is 1. The van der Waals surface area contributed by atoms with Crippen LogP contribution in [0.3, 0.4) is 0 Å². The van der Waals surface area contributed by atoms with E-state index in [-0.39, 0.29) is 11.9 Å². The molecular weight excluding hydrogens is 274 g/mol. The first-order valence-corrected chi connectivity index (χ1v) is 7.51. The van der Waals surface area contributed by atoms with Gasteiger partial charge in [-0.2, -0.15) is 0 Å². The lowest BCUT2D eigenvalue weighted by Gasteiger charge is -2.13. The third kappa shape index (κ3) is 2.86. The van der Waals surface area contributed by atoms with E-state index in [1.807, 2.05) is 35.7 Å². The van der Waals surface area contributed by atoms with Crippen LogP contribution in [-0.2, 0) is 6.42 Å². The average Bonchev–Trinajstić information content (AvgIpc) is 2.99. The van der Waals surface area contributed by atoms with Crippen LogP contribution in [0.1, 0.15) is 41.5 Å². The summed E-state index contributed by atoms with van der Waals surface area (Å²) >= 11 is 0. The highest BCUT2D eigenvalue weighted by Gasteiger charge is 2.14. The quantitative estimate of drug-likeness (QED) is 0.801. The van der Waals surface area contributed by atoms with Crippen molar-refractivity contribution in [3.63, 3.8) is 0 Å². The zero-order valence-corrected chi connectivity index (χ0v) is 12.8. The third-order valence-electron chi connectivity index (χ3n) is 3.83. The summed E-state index contributed by atoms with van der Waals surface area (Å²) in [5.41, 5.74) is 3.59. The molecule has 0 fully saturated rings. The molecule has 0 aliphatic rings. The van der Waals surface area contributed by atoms with E-state index >= 15 is 0 Å². The van der Waals surface area contributed by atoms with Crippen LogP contribution in [0, 0.1) is 0 Å². The molecule has 0 saturated carbocycles. The number of nitrogens with zero attached hydrogens (tertiary/aromatic N) is 2. The van der Waals surface area contributed by atoms with Gasteiger partial charge in [-0.25, -0.2) is 4.98 Å². The van der Waals surface area contributed by atoms with Crippen molar-refractivity contribution in [2.75, 3.05) is 0 Å². The molecule has 3 aromatic rings. The SMILES string of the molecule is CCc1ccc(C(C)NC(=O)c2cn3ccccc3n2)cc1. The molecule has 3 rings (SSSR count). The van der Waals surface area contributed by atoms with Gasteiger partial charge in [0, 0.05) is 12.4 Å². The molecular formula is C18H19N3O. The van der Waals surface area contributed by atoms with Crippen molar-refractivity contribution in [2.24, 2.45) is 0 Å². The van der Waals surface area contributed by atoms with Gasteiger partial charge in [-0.15, -0.1) is 0 Å². The van der Waals surface area contributed by atoms with Crippen LogP contribution in [0.5, 0.6) is 0 Å². The molecule has 0 bridgehead atoms. The van der Waals surface area contributed by atoms with Gasteiger partial charge in [0.2, 0.25) is 0 Å². The summed E-state index contributed by atoms with van der Waals surface area (Å²) in [6.45, 7) is 4.11. The molecule has 1 atom stereocenters. The number of nitrogens with one attached hydrogen (secondary N) is 1. The Hall–Kier alpha value is -2.62. The topological polar surface area (TPSA) is 46.4 Å². The Balaban J connectivity index is 1.74. The standard InChI is InChI=1S/C18H19N3O/c1-3-14-7-9-15(10-8-14)13(2)19-18(22)16-12-21-11-5-4-6-17(21)20-16/h4-13H,3H2,1-2H3,(H,19,22). The van der Waals surface area contributed by atoms with E-state index in [0.717, 1.165) is 17.6 Å². The number of aromatic nitrogens is 2. The summed E-state index contributed by atoms with van der Waals surface area (Å²) < 4.78 is 1.84. The summed E-state index contributed by atoms with van der Waals surface area (Å²) in [5, 5.41) is 3.00. The number of imidazole rings is 1. The molecule has 4 heteroatoms. The number of aryl methyl sites for hydroxylation is 1. The summed E-state index contributed by atoms with van der Waals surface area (Å²) in [4.78, 5) is 16.7. The summed E-state index contributed by atoms with van der Waals surface area (Å²) in [6, 6.07) is 14.0. The first-order chi connectivity index (χ1) is 10.7. The molecule has 0 aliphatic heterocycles. The summed E-state index contributed by atoms with van der Waals surface area (Å²) in [6.07, 6.45) is 4.64. The second-order valence-corrected chi connectivity index (χ2v) is 5.38. The smallest absolute Gasteiger partial charge is 0.271 e. The minimum atomic E-state index is -0.157. The Morgan fingerprint density at radius 1 is 1.23 bits per heavy atom. The molecule has 112 valence electrons. The van der Waals surface area contributed by atoms with Crippen LogP contribution >= 0.6 is 0 Å². The van der Waals surface area contributed by atoms with Gasteiger partial charge in [0.15, 0.2) is 0 Å². The predicted octanol–water partition coefficient (Wildman–Crippen LogP) is 3.39. The first-order valence-electron chi connectivity index (χ1n) is 7.51. The van der Waals surface area contributed by atoms with Crippen LogP contribution < -0.4 is 5.32 Å². The molecule has 0 radical (unpaired) electrons. The molecule has 1 unspecified atom stereocenters. The molecule has 0 spiro atoms. The maximum absolute atomic E-state index is 12.3. The van der Waals surface area contributed by atoms with Gasteiger partial charge in [0.05, 0.1) is 6.04 Å². The van der Waals surface area contributed by atoms with Crippen molar-refractivity contribution in [3.05, 3.63) is 71.7 Å². The van der Waals surface area contributed by atoms with Crippen molar-refractivity contribution >= 4 is 11.6 Å². The largest absolute Gasteiger partial charge is 0.344 e. The molecule has 1 amide bonds. The third-order valence-corrected chi connectivity index (χ3v) is 3.83. The number of pyridine rings is 1. The Morgan fingerprint density at radius 3 is 2.68 bits per heavy atom.